The quantitative estimate of drug-likeness (QED) is 0.778. The van der Waals surface area contributed by atoms with Crippen molar-refractivity contribution < 1.29 is 9.90 Å². The number of benzene rings is 1. The molecule has 1 aromatic carbocycles. The largest absolute Gasteiger partial charge is 0.478 e. The van der Waals surface area contributed by atoms with E-state index >= 15 is 0 Å². The lowest BCUT2D eigenvalue weighted by Gasteiger charge is -2.05. The molecule has 0 saturated heterocycles. The van der Waals surface area contributed by atoms with Gasteiger partial charge in [0.1, 0.15) is 11.3 Å². The fraction of sp³-hybridized carbons (Fsp3) is 0.143. The Labute approximate surface area is 127 Å². The van der Waals surface area contributed by atoms with Gasteiger partial charge in [0.2, 0.25) is 0 Å². The summed E-state index contributed by atoms with van der Waals surface area (Å²) in [4.78, 5) is 16.9. The number of para-hydroxylation sites is 1. The number of hydrogen-bond donors (Lipinski definition) is 1. The summed E-state index contributed by atoms with van der Waals surface area (Å²) in [5.74, 6) is -0.127. The summed E-state index contributed by atoms with van der Waals surface area (Å²) in [6, 6.07) is 7.32. The van der Waals surface area contributed by atoms with E-state index in [2.05, 4.69) is 27.0 Å². The summed E-state index contributed by atoms with van der Waals surface area (Å²) < 4.78 is 3.10. The van der Waals surface area contributed by atoms with Crippen molar-refractivity contribution in [2.24, 2.45) is 0 Å². The van der Waals surface area contributed by atoms with Crippen LogP contribution >= 0.6 is 27.3 Å². The molecule has 0 unspecified atom stereocenters. The lowest BCUT2D eigenvalue weighted by Crippen LogP contribution is -2.01. The molecular formula is C14H11BrN2O2S. The number of halogens is 1. The van der Waals surface area contributed by atoms with E-state index in [4.69, 9.17) is 0 Å². The van der Waals surface area contributed by atoms with E-state index in [9.17, 15) is 9.90 Å². The Hall–Kier alpha value is -1.66. The summed E-state index contributed by atoms with van der Waals surface area (Å²) in [5, 5.41) is 11.3. The fourth-order valence-electron chi connectivity index (χ4n) is 2.23. The van der Waals surface area contributed by atoms with Crippen LogP contribution in [0.1, 0.15) is 21.1 Å². The van der Waals surface area contributed by atoms with Gasteiger partial charge in [-0.15, -0.1) is 11.3 Å². The second kappa shape index (κ2) is 5.03. The van der Waals surface area contributed by atoms with Gasteiger partial charge >= 0.3 is 5.97 Å². The number of carboxylic acids is 1. The molecule has 0 atom stereocenters. The zero-order valence-corrected chi connectivity index (χ0v) is 13.0. The molecule has 0 aliphatic heterocycles. The minimum absolute atomic E-state index is 0.247. The van der Waals surface area contributed by atoms with Crippen LogP contribution in [0, 0.1) is 6.92 Å². The summed E-state index contributed by atoms with van der Waals surface area (Å²) in [5.41, 5.74) is 1.65. The third-order valence-electron chi connectivity index (χ3n) is 3.14. The van der Waals surface area contributed by atoms with Crippen molar-refractivity contribution in [1.82, 2.24) is 9.55 Å². The van der Waals surface area contributed by atoms with Crippen molar-refractivity contribution in [3.8, 4) is 0 Å². The molecule has 2 heterocycles. The Morgan fingerprint density at radius 2 is 2.30 bits per heavy atom. The molecule has 0 radical (unpaired) electrons. The van der Waals surface area contributed by atoms with Crippen LogP contribution in [0.15, 0.2) is 34.1 Å². The van der Waals surface area contributed by atoms with Crippen LogP contribution in [0.4, 0.5) is 0 Å². The first-order valence-electron chi connectivity index (χ1n) is 5.98. The van der Waals surface area contributed by atoms with Gasteiger partial charge in [0, 0.05) is 14.7 Å². The highest BCUT2D eigenvalue weighted by Gasteiger charge is 2.15. The maximum absolute atomic E-state index is 11.2. The molecule has 0 bridgehead atoms. The van der Waals surface area contributed by atoms with Crippen molar-refractivity contribution in [2.45, 2.75) is 13.5 Å². The highest BCUT2D eigenvalue weighted by molar-refractivity contribution is 9.10. The average molecular weight is 351 g/mol. The van der Waals surface area contributed by atoms with Crippen LogP contribution in [0.3, 0.4) is 0 Å². The van der Waals surface area contributed by atoms with Gasteiger partial charge in [-0.1, -0.05) is 6.07 Å². The van der Waals surface area contributed by atoms with Gasteiger partial charge in [0.05, 0.1) is 17.6 Å². The number of aromatic nitrogens is 2. The third kappa shape index (κ3) is 2.25. The van der Waals surface area contributed by atoms with Gasteiger partial charge in [-0.3, -0.25) is 0 Å². The smallest absolute Gasteiger partial charge is 0.337 e. The molecule has 20 heavy (non-hydrogen) atoms. The molecule has 0 spiro atoms. The maximum atomic E-state index is 11.2. The van der Waals surface area contributed by atoms with E-state index in [1.807, 2.05) is 22.9 Å². The van der Waals surface area contributed by atoms with E-state index < -0.39 is 5.97 Å². The molecule has 6 heteroatoms. The minimum Gasteiger partial charge on any atom is -0.478 e. The predicted molar refractivity (Wildman–Crippen MR) is 82.6 cm³/mol. The molecule has 2 aromatic heterocycles. The van der Waals surface area contributed by atoms with Gasteiger partial charge in [-0.05, 0) is 41.1 Å². The number of imidazole rings is 1. The molecule has 0 fully saturated rings. The van der Waals surface area contributed by atoms with E-state index in [0.29, 0.717) is 12.1 Å². The van der Waals surface area contributed by atoms with Crippen LogP contribution in [-0.4, -0.2) is 20.6 Å². The van der Waals surface area contributed by atoms with Crippen molar-refractivity contribution in [2.75, 3.05) is 0 Å². The first kappa shape index (κ1) is 13.3. The molecule has 4 nitrogen and oxygen atoms in total. The number of nitrogens with zero attached hydrogens (tertiary/aromatic N) is 2. The average Bonchev–Trinajstić information content (AvgIpc) is 2.94. The lowest BCUT2D eigenvalue weighted by atomic mass is 10.2. The number of rotatable bonds is 3. The Kier molecular flexibility index (Phi) is 3.35. The highest BCUT2D eigenvalue weighted by Crippen LogP contribution is 2.25. The van der Waals surface area contributed by atoms with Gasteiger partial charge in [0.15, 0.2) is 0 Å². The fourth-order valence-corrected chi connectivity index (χ4v) is 3.67. The SMILES string of the molecule is Cc1nc2c(C(=O)O)cccc2n1Cc1cc(Br)cs1. The number of carbonyl (C=O) groups is 1. The first-order chi connectivity index (χ1) is 9.56. The summed E-state index contributed by atoms with van der Waals surface area (Å²) in [6.07, 6.45) is 0. The number of aromatic carboxylic acids is 1. The Bertz CT molecular complexity index is 807. The van der Waals surface area contributed by atoms with Gasteiger partial charge in [-0.2, -0.15) is 0 Å². The molecule has 3 aromatic rings. The molecular weight excluding hydrogens is 340 g/mol. The number of carboxylic acid groups (broad SMARTS) is 1. The van der Waals surface area contributed by atoms with E-state index in [1.165, 1.54) is 4.88 Å². The molecule has 0 aliphatic carbocycles. The molecule has 0 saturated carbocycles. The standard InChI is InChI=1S/C14H11BrN2O2S/c1-8-16-13-11(14(18)19)3-2-4-12(13)17(8)6-10-5-9(15)7-20-10/h2-5,7H,6H2,1H3,(H,18,19). The summed E-state index contributed by atoms with van der Waals surface area (Å²) in [7, 11) is 0. The highest BCUT2D eigenvalue weighted by atomic mass is 79.9. The molecule has 1 N–H and O–H groups in total. The lowest BCUT2D eigenvalue weighted by molar-refractivity contribution is 0.0699. The molecule has 3 rings (SSSR count). The maximum Gasteiger partial charge on any atom is 0.337 e. The van der Waals surface area contributed by atoms with Crippen molar-refractivity contribution >= 4 is 44.3 Å². The van der Waals surface area contributed by atoms with Gasteiger partial charge in [-0.25, -0.2) is 9.78 Å². The number of thiophene rings is 1. The van der Waals surface area contributed by atoms with Gasteiger partial charge < -0.3 is 9.67 Å². The van der Waals surface area contributed by atoms with Gasteiger partial charge in [0.25, 0.3) is 0 Å². The van der Waals surface area contributed by atoms with E-state index in [-0.39, 0.29) is 5.56 Å². The Balaban J connectivity index is 2.14. The molecule has 0 aliphatic rings. The normalized spacial score (nSPS) is 11.1. The van der Waals surface area contributed by atoms with Crippen LogP contribution < -0.4 is 0 Å². The van der Waals surface area contributed by atoms with Crippen LogP contribution in [0.25, 0.3) is 11.0 Å². The zero-order valence-electron chi connectivity index (χ0n) is 10.6. The number of hydrogen-bond acceptors (Lipinski definition) is 3. The number of aryl methyl sites for hydroxylation is 1. The predicted octanol–water partition coefficient (Wildman–Crippen LogP) is 3.92. The third-order valence-corrected chi connectivity index (χ3v) is 4.82. The Morgan fingerprint density at radius 3 is 2.95 bits per heavy atom. The second-order valence-corrected chi connectivity index (χ2v) is 6.37. The van der Waals surface area contributed by atoms with Crippen LogP contribution in [0.5, 0.6) is 0 Å². The topological polar surface area (TPSA) is 55.1 Å². The molecule has 0 amide bonds. The van der Waals surface area contributed by atoms with Crippen LogP contribution in [0.2, 0.25) is 0 Å². The van der Waals surface area contributed by atoms with Crippen LogP contribution in [-0.2, 0) is 6.54 Å². The van der Waals surface area contributed by atoms with E-state index in [1.54, 1.807) is 23.5 Å². The summed E-state index contributed by atoms with van der Waals surface area (Å²) in [6.45, 7) is 2.59. The minimum atomic E-state index is -0.945. The Morgan fingerprint density at radius 1 is 1.50 bits per heavy atom. The summed E-state index contributed by atoms with van der Waals surface area (Å²) >= 11 is 5.11. The van der Waals surface area contributed by atoms with Crippen molar-refractivity contribution in [1.29, 1.82) is 0 Å². The number of fused-ring (bicyclic) bond motifs is 1. The van der Waals surface area contributed by atoms with Crippen molar-refractivity contribution in [3.05, 3.63) is 50.4 Å². The van der Waals surface area contributed by atoms with Crippen molar-refractivity contribution in [3.63, 3.8) is 0 Å². The zero-order chi connectivity index (χ0) is 14.3. The monoisotopic (exact) mass is 350 g/mol. The molecule has 102 valence electrons. The first-order valence-corrected chi connectivity index (χ1v) is 7.65. The van der Waals surface area contributed by atoms with E-state index in [0.717, 1.165) is 15.8 Å². The second-order valence-electron chi connectivity index (χ2n) is 4.45.